The average Bonchev–Trinajstić information content (AvgIpc) is 2.32. The van der Waals surface area contributed by atoms with Gasteiger partial charge in [0.15, 0.2) is 0 Å². The lowest BCUT2D eigenvalue weighted by molar-refractivity contribution is 0.377. The highest BCUT2D eigenvalue weighted by Gasteiger charge is 2.19. The summed E-state index contributed by atoms with van der Waals surface area (Å²) in [5.41, 5.74) is 4.01. The molecule has 0 radical (unpaired) electrons. The topological polar surface area (TPSA) is 47.3 Å². The Hall–Kier alpha value is -0.580. The van der Waals surface area contributed by atoms with Crippen LogP contribution < -0.4 is 16.0 Å². The van der Waals surface area contributed by atoms with E-state index >= 15 is 0 Å². The fourth-order valence-electron chi connectivity index (χ4n) is 1.68. The molecular weight excluding hydrogens is 268 g/mol. The first-order chi connectivity index (χ1) is 7.63. The zero-order valence-electron chi connectivity index (χ0n) is 9.96. The number of methoxy groups -OCH3 is 1. The Morgan fingerprint density at radius 3 is 2.69 bits per heavy atom. The summed E-state index contributed by atoms with van der Waals surface area (Å²) >= 11 is 3.55. The lowest BCUT2D eigenvalue weighted by atomic mass is 9.93. The normalized spacial score (nSPS) is 14.6. The highest BCUT2D eigenvalue weighted by atomic mass is 79.9. The van der Waals surface area contributed by atoms with Gasteiger partial charge in [0.25, 0.3) is 0 Å². The number of hydrogen-bond donors (Lipinski definition) is 2. The summed E-state index contributed by atoms with van der Waals surface area (Å²) in [6.45, 7) is 4.33. The first kappa shape index (κ1) is 13.5. The second-order valence-corrected chi connectivity index (χ2v) is 4.77. The molecule has 3 nitrogen and oxygen atoms in total. The van der Waals surface area contributed by atoms with Crippen LogP contribution in [0.3, 0.4) is 0 Å². The third kappa shape index (κ3) is 2.97. The Balaban J connectivity index is 3.07. The number of ether oxygens (including phenoxy) is 1. The molecule has 0 aliphatic carbocycles. The zero-order chi connectivity index (χ0) is 12.1. The minimum Gasteiger partial charge on any atom is -0.497 e. The van der Waals surface area contributed by atoms with E-state index in [1.165, 1.54) is 0 Å². The van der Waals surface area contributed by atoms with Gasteiger partial charge < -0.3 is 4.74 Å². The van der Waals surface area contributed by atoms with E-state index in [0.717, 1.165) is 22.2 Å². The van der Waals surface area contributed by atoms with Crippen LogP contribution in [0.1, 0.15) is 31.9 Å². The van der Waals surface area contributed by atoms with Crippen LogP contribution in [0.25, 0.3) is 0 Å². The minimum atomic E-state index is 0.134. The van der Waals surface area contributed by atoms with Gasteiger partial charge in [-0.2, -0.15) is 0 Å². The molecule has 0 aliphatic heterocycles. The van der Waals surface area contributed by atoms with E-state index in [4.69, 9.17) is 10.6 Å². The maximum Gasteiger partial charge on any atom is 0.119 e. The molecule has 0 saturated heterocycles. The molecule has 0 aliphatic rings. The van der Waals surface area contributed by atoms with Gasteiger partial charge >= 0.3 is 0 Å². The van der Waals surface area contributed by atoms with E-state index in [1.54, 1.807) is 7.11 Å². The number of nitrogens with one attached hydrogen (secondary N) is 1. The van der Waals surface area contributed by atoms with Crippen molar-refractivity contribution in [2.24, 2.45) is 11.8 Å². The summed E-state index contributed by atoms with van der Waals surface area (Å²) in [5, 5.41) is 0. The summed E-state index contributed by atoms with van der Waals surface area (Å²) < 4.78 is 6.28. The fraction of sp³-hybridized carbons (Fsp3) is 0.500. The second-order valence-electron chi connectivity index (χ2n) is 3.92. The van der Waals surface area contributed by atoms with Crippen LogP contribution in [0, 0.1) is 5.92 Å². The second kappa shape index (κ2) is 6.23. The lowest BCUT2D eigenvalue weighted by Gasteiger charge is -2.24. The van der Waals surface area contributed by atoms with Gasteiger partial charge in [0.2, 0.25) is 0 Å². The Morgan fingerprint density at radius 2 is 2.19 bits per heavy atom. The first-order valence-electron chi connectivity index (χ1n) is 5.43. The molecule has 2 atom stereocenters. The van der Waals surface area contributed by atoms with Crippen molar-refractivity contribution in [2.75, 3.05) is 7.11 Å². The van der Waals surface area contributed by atoms with Crippen molar-refractivity contribution in [1.29, 1.82) is 0 Å². The van der Waals surface area contributed by atoms with Crippen LogP contribution in [0.15, 0.2) is 22.7 Å². The maximum atomic E-state index is 5.63. The molecule has 0 heterocycles. The summed E-state index contributed by atoms with van der Waals surface area (Å²) in [6, 6.07) is 6.06. The standard InChI is InChI=1S/C12H19BrN2O/c1-4-8(2)12(15-14)10-7-9(16-3)5-6-11(10)13/h5-8,12,15H,4,14H2,1-3H3. The average molecular weight is 287 g/mol. The van der Waals surface area contributed by atoms with E-state index in [0.29, 0.717) is 5.92 Å². The van der Waals surface area contributed by atoms with Crippen molar-refractivity contribution < 1.29 is 4.74 Å². The predicted octanol–water partition coefficient (Wildman–Crippen LogP) is 3.01. The van der Waals surface area contributed by atoms with Crippen molar-refractivity contribution in [3.05, 3.63) is 28.2 Å². The molecule has 0 aromatic heterocycles. The molecule has 0 fully saturated rings. The first-order valence-corrected chi connectivity index (χ1v) is 6.22. The number of halogens is 1. The highest BCUT2D eigenvalue weighted by molar-refractivity contribution is 9.10. The third-order valence-corrected chi connectivity index (χ3v) is 3.65. The van der Waals surface area contributed by atoms with Gasteiger partial charge in [-0.25, -0.2) is 0 Å². The summed E-state index contributed by atoms with van der Waals surface area (Å²) in [5.74, 6) is 6.95. The van der Waals surface area contributed by atoms with Crippen molar-refractivity contribution >= 4 is 15.9 Å². The Morgan fingerprint density at radius 1 is 1.50 bits per heavy atom. The van der Waals surface area contributed by atoms with Gasteiger partial charge in [-0.05, 0) is 29.7 Å². The van der Waals surface area contributed by atoms with Gasteiger partial charge in [-0.3, -0.25) is 11.3 Å². The van der Waals surface area contributed by atoms with Crippen LogP contribution in [0.2, 0.25) is 0 Å². The largest absolute Gasteiger partial charge is 0.497 e. The Labute approximate surface area is 105 Å². The monoisotopic (exact) mass is 286 g/mol. The zero-order valence-corrected chi connectivity index (χ0v) is 11.5. The molecule has 0 saturated carbocycles. The number of nitrogens with two attached hydrogens (primary N) is 1. The summed E-state index contributed by atoms with van der Waals surface area (Å²) in [4.78, 5) is 0. The molecule has 0 spiro atoms. The molecule has 1 aromatic rings. The van der Waals surface area contributed by atoms with Gasteiger partial charge in [-0.1, -0.05) is 36.2 Å². The van der Waals surface area contributed by atoms with Gasteiger partial charge in [-0.15, -0.1) is 0 Å². The molecular formula is C12H19BrN2O. The van der Waals surface area contributed by atoms with Crippen molar-refractivity contribution in [3.63, 3.8) is 0 Å². The van der Waals surface area contributed by atoms with Crippen molar-refractivity contribution in [1.82, 2.24) is 5.43 Å². The fourth-order valence-corrected chi connectivity index (χ4v) is 2.18. The molecule has 1 aromatic carbocycles. The van der Waals surface area contributed by atoms with E-state index in [-0.39, 0.29) is 6.04 Å². The molecule has 3 N–H and O–H groups in total. The number of hydrogen-bond acceptors (Lipinski definition) is 3. The Kier molecular flexibility index (Phi) is 5.25. The molecule has 2 unspecified atom stereocenters. The molecule has 0 bridgehead atoms. The molecule has 16 heavy (non-hydrogen) atoms. The Bertz CT molecular complexity index is 344. The summed E-state index contributed by atoms with van der Waals surface area (Å²) in [7, 11) is 1.67. The molecule has 4 heteroatoms. The number of benzene rings is 1. The molecule has 90 valence electrons. The SMILES string of the molecule is CCC(C)C(NN)c1cc(OC)ccc1Br. The van der Waals surface area contributed by atoms with Crippen LogP contribution in [0.4, 0.5) is 0 Å². The smallest absolute Gasteiger partial charge is 0.119 e. The van der Waals surface area contributed by atoms with Crippen LogP contribution >= 0.6 is 15.9 Å². The maximum absolute atomic E-state index is 5.63. The number of rotatable bonds is 5. The van der Waals surface area contributed by atoms with E-state index < -0.39 is 0 Å². The molecule has 0 amide bonds. The predicted molar refractivity (Wildman–Crippen MR) is 70.2 cm³/mol. The third-order valence-electron chi connectivity index (χ3n) is 2.93. The van der Waals surface area contributed by atoms with Crippen LogP contribution in [0.5, 0.6) is 5.75 Å². The molecule has 1 rings (SSSR count). The van der Waals surface area contributed by atoms with Gasteiger partial charge in [0.05, 0.1) is 7.11 Å². The van der Waals surface area contributed by atoms with Crippen molar-refractivity contribution in [2.45, 2.75) is 26.3 Å². The summed E-state index contributed by atoms with van der Waals surface area (Å²) in [6.07, 6.45) is 1.07. The quantitative estimate of drug-likeness (QED) is 0.646. The van der Waals surface area contributed by atoms with Gasteiger partial charge in [0.1, 0.15) is 5.75 Å². The van der Waals surface area contributed by atoms with E-state index in [1.807, 2.05) is 18.2 Å². The van der Waals surface area contributed by atoms with Gasteiger partial charge in [0, 0.05) is 10.5 Å². The van der Waals surface area contributed by atoms with E-state index in [9.17, 15) is 0 Å². The number of hydrazine groups is 1. The lowest BCUT2D eigenvalue weighted by Crippen LogP contribution is -2.32. The van der Waals surface area contributed by atoms with Crippen LogP contribution in [-0.4, -0.2) is 7.11 Å². The highest BCUT2D eigenvalue weighted by Crippen LogP contribution is 2.32. The van der Waals surface area contributed by atoms with E-state index in [2.05, 4.69) is 35.2 Å². The van der Waals surface area contributed by atoms with Crippen molar-refractivity contribution in [3.8, 4) is 5.75 Å². The van der Waals surface area contributed by atoms with Crippen LogP contribution in [-0.2, 0) is 0 Å². The minimum absolute atomic E-state index is 0.134.